The van der Waals surface area contributed by atoms with Gasteiger partial charge < -0.3 is 14.0 Å². The minimum Gasteiger partial charge on any atom is -0.373 e. The Morgan fingerprint density at radius 2 is 2.07 bits per heavy atom. The number of ether oxygens (including phenoxy) is 1. The molecule has 1 saturated heterocycles. The summed E-state index contributed by atoms with van der Waals surface area (Å²) in [6.45, 7) is 4.09. The maximum absolute atomic E-state index is 12.7. The van der Waals surface area contributed by atoms with E-state index in [4.69, 9.17) is 4.74 Å². The third-order valence-corrected chi connectivity index (χ3v) is 5.14. The van der Waals surface area contributed by atoms with E-state index in [1.54, 1.807) is 6.20 Å². The number of amides is 1. The molecule has 0 unspecified atom stereocenters. The number of carbonyl (C=O) groups excluding carboxylic acids is 1. The largest absolute Gasteiger partial charge is 0.373 e. The third-order valence-electron chi connectivity index (χ3n) is 5.14. The van der Waals surface area contributed by atoms with Crippen LogP contribution in [0.1, 0.15) is 29.7 Å². The quantitative estimate of drug-likeness (QED) is 0.698. The fourth-order valence-corrected chi connectivity index (χ4v) is 3.57. The second-order valence-corrected chi connectivity index (χ2v) is 7.06. The van der Waals surface area contributed by atoms with E-state index in [0.717, 1.165) is 48.4 Å². The van der Waals surface area contributed by atoms with E-state index < -0.39 is 0 Å². The summed E-state index contributed by atoms with van der Waals surface area (Å²) >= 11 is 0. The molecule has 0 radical (unpaired) electrons. The van der Waals surface area contributed by atoms with Crippen molar-refractivity contribution >= 4 is 11.6 Å². The first-order valence-electron chi connectivity index (χ1n) is 9.40. The normalized spacial score (nSPS) is 15.4. The van der Waals surface area contributed by atoms with Gasteiger partial charge in [0.2, 0.25) is 5.91 Å². The van der Waals surface area contributed by atoms with E-state index in [1.165, 1.54) is 0 Å². The van der Waals surface area contributed by atoms with E-state index >= 15 is 0 Å². The second kappa shape index (κ2) is 7.88. The Bertz CT molecular complexity index is 914. The molecule has 6 nitrogen and oxygen atoms in total. The lowest BCUT2D eigenvalue weighted by Crippen LogP contribution is -2.41. The van der Waals surface area contributed by atoms with Gasteiger partial charge in [-0.25, -0.2) is 4.98 Å². The van der Waals surface area contributed by atoms with Crippen LogP contribution >= 0.6 is 0 Å². The van der Waals surface area contributed by atoms with Crippen molar-refractivity contribution in [1.29, 1.82) is 0 Å². The Kier molecular flexibility index (Phi) is 5.16. The average molecular weight is 364 g/mol. The highest BCUT2D eigenvalue weighted by atomic mass is 16.5. The summed E-state index contributed by atoms with van der Waals surface area (Å²) < 4.78 is 7.99. The van der Waals surface area contributed by atoms with Crippen LogP contribution < -0.4 is 0 Å². The molecular weight excluding hydrogens is 340 g/mol. The van der Waals surface area contributed by atoms with Gasteiger partial charge in [-0.15, -0.1) is 0 Å². The van der Waals surface area contributed by atoms with Crippen molar-refractivity contribution in [2.75, 3.05) is 13.1 Å². The van der Waals surface area contributed by atoms with Gasteiger partial charge in [-0.05, 0) is 43.0 Å². The third kappa shape index (κ3) is 4.01. The zero-order valence-electron chi connectivity index (χ0n) is 15.5. The van der Waals surface area contributed by atoms with E-state index in [1.807, 2.05) is 59.1 Å². The molecule has 0 atom stereocenters. The van der Waals surface area contributed by atoms with Gasteiger partial charge in [-0.3, -0.25) is 9.78 Å². The van der Waals surface area contributed by atoms with Crippen molar-refractivity contribution in [3.8, 4) is 0 Å². The summed E-state index contributed by atoms with van der Waals surface area (Å²) in [6.07, 6.45) is 9.70. The number of rotatable bonds is 5. The minimum atomic E-state index is 0.156. The summed E-state index contributed by atoms with van der Waals surface area (Å²) in [7, 11) is 0. The number of hydrogen-bond acceptors (Lipinski definition) is 4. The number of nitrogens with zero attached hydrogens (tertiary/aromatic N) is 4. The lowest BCUT2D eigenvalue weighted by molar-refractivity contribution is -0.133. The Morgan fingerprint density at radius 1 is 1.22 bits per heavy atom. The highest BCUT2D eigenvalue weighted by Gasteiger charge is 2.24. The maximum Gasteiger partial charge on any atom is 0.228 e. The molecular formula is C21H24N4O2. The van der Waals surface area contributed by atoms with Crippen molar-refractivity contribution in [1.82, 2.24) is 19.3 Å². The predicted octanol–water partition coefficient (Wildman–Crippen LogP) is 2.79. The number of aromatic nitrogens is 3. The van der Waals surface area contributed by atoms with Crippen LogP contribution in [0, 0.1) is 6.92 Å². The first kappa shape index (κ1) is 17.7. The number of fused-ring (bicyclic) bond motifs is 1. The van der Waals surface area contributed by atoms with Gasteiger partial charge in [0, 0.05) is 37.9 Å². The highest BCUT2D eigenvalue weighted by molar-refractivity contribution is 5.78. The van der Waals surface area contributed by atoms with Crippen molar-refractivity contribution < 1.29 is 9.53 Å². The molecule has 0 aromatic carbocycles. The van der Waals surface area contributed by atoms with Gasteiger partial charge in [0.15, 0.2) is 0 Å². The van der Waals surface area contributed by atoms with E-state index in [-0.39, 0.29) is 12.0 Å². The number of pyridine rings is 2. The molecule has 3 aromatic heterocycles. The van der Waals surface area contributed by atoms with Crippen LogP contribution in [0.15, 0.2) is 49.1 Å². The summed E-state index contributed by atoms with van der Waals surface area (Å²) in [5.41, 5.74) is 4.05. The minimum absolute atomic E-state index is 0.156. The molecule has 1 aliphatic heterocycles. The summed E-state index contributed by atoms with van der Waals surface area (Å²) in [4.78, 5) is 23.2. The molecule has 0 aliphatic carbocycles. The van der Waals surface area contributed by atoms with Gasteiger partial charge in [-0.1, -0.05) is 12.1 Å². The van der Waals surface area contributed by atoms with Crippen molar-refractivity contribution in [3.63, 3.8) is 0 Å². The molecule has 140 valence electrons. The fraction of sp³-hybridized carbons (Fsp3) is 0.381. The standard InChI is InChI=1S/C21H24N4O2/c1-16-4-3-9-25-18(14-23-21(16)25)12-20(26)24-10-6-19(7-11-24)27-15-17-5-2-8-22-13-17/h2-5,8-9,13-14,19H,6-7,10-12,15H2,1H3. The number of carbonyl (C=O) groups is 1. The van der Waals surface area contributed by atoms with Gasteiger partial charge in [-0.2, -0.15) is 0 Å². The molecule has 0 saturated carbocycles. The van der Waals surface area contributed by atoms with Crippen LogP contribution in [-0.2, 0) is 22.6 Å². The van der Waals surface area contributed by atoms with Crippen molar-refractivity contribution in [3.05, 3.63) is 65.9 Å². The summed E-state index contributed by atoms with van der Waals surface area (Å²) in [6, 6.07) is 7.96. The Hall–Kier alpha value is -2.73. The molecule has 1 amide bonds. The van der Waals surface area contributed by atoms with E-state index in [2.05, 4.69) is 9.97 Å². The number of imidazole rings is 1. The highest BCUT2D eigenvalue weighted by Crippen LogP contribution is 2.18. The van der Waals surface area contributed by atoms with Crippen LogP contribution in [0.25, 0.3) is 5.65 Å². The second-order valence-electron chi connectivity index (χ2n) is 7.06. The lowest BCUT2D eigenvalue weighted by Gasteiger charge is -2.32. The van der Waals surface area contributed by atoms with Crippen molar-refractivity contribution in [2.45, 2.75) is 38.9 Å². The fourth-order valence-electron chi connectivity index (χ4n) is 3.57. The van der Waals surface area contributed by atoms with E-state index in [0.29, 0.717) is 13.0 Å². The molecule has 0 N–H and O–H groups in total. The Labute approximate surface area is 158 Å². The van der Waals surface area contributed by atoms with Crippen LogP contribution in [0.3, 0.4) is 0 Å². The molecule has 1 aliphatic rings. The molecule has 27 heavy (non-hydrogen) atoms. The van der Waals surface area contributed by atoms with Crippen LogP contribution in [0.2, 0.25) is 0 Å². The zero-order valence-corrected chi connectivity index (χ0v) is 15.5. The Balaban J connectivity index is 1.30. The molecule has 6 heteroatoms. The number of likely N-dealkylation sites (tertiary alicyclic amines) is 1. The zero-order chi connectivity index (χ0) is 18.6. The van der Waals surface area contributed by atoms with Gasteiger partial charge in [0.25, 0.3) is 0 Å². The topological polar surface area (TPSA) is 59.7 Å². The Morgan fingerprint density at radius 3 is 2.85 bits per heavy atom. The summed E-state index contributed by atoms with van der Waals surface area (Å²) in [5.74, 6) is 0.156. The predicted molar refractivity (Wildman–Crippen MR) is 102 cm³/mol. The summed E-state index contributed by atoms with van der Waals surface area (Å²) in [5, 5.41) is 0. The monoisotopic (exact) mass is 364 g/mol. The van der Waals surface area contributed by atoms with E-state index in [9.17, 15) is 4.79 Å². The number of piperidine rings is 1. The maximum atomic E-state index is 12.7. The first-order valence-corrected chi connectivity index (χ1v) is 9.40. The molecule has 3 aromatic rings. The molecule has 1 fully saturated rings. The SMILES string of the molecule is Cc1cccn2c(CC(=O)N3CCC(OCc4cccnc4)CC3)cnc12. The van der Waals surface area contributed by atoms with Gasteiger partial charge in [0.1, 0.15) is 5.65 Å². The van der Waals surface area contributed by atoms with Crippen molar-refractivity contribution in [2.24, 2.45) is 0 Å². The molecule has 0 spiro atoms. The lowest BCUT2D eigenvalue weighted by atomic mass is 10.1. The van der Waals surface area contributed by atoms with Crippen LogP contribution in [0.5, 0.6) is 0 Å². The number of aryl methyl sites for hydroxylation is 1. The van der Waals surface area contributed by atoms with Crippen LogP contribution in [-0.4, -0.2) is 44.4 Å². The smallest absolute Gasteiger partial charge is 0.228 e. The molecule has 0 bridgehead atoms. The molecule has 4 rings (SSSR count). The van der Waals surface area contributed by atoms with Crippen LogP contribution in [0.4, 0.5) is 0 Å². The van der Waals surface area contributed by atoms with Gasteiger partial charge >= 0.3 is 0 Å². The molecule has 4 heterocycles. The average Bonchev–Trinajstić information content (AvgIpc) is 3.12. The number of hydrogen-bond donors (Lipinski definition) is 0. The van der Waals surface area contributed by atoms with Gasteiger partial charge in [0.05, 0.1) is 24.8 Å². The first-order chi connectivity index (χ1) is 13.2.